The predicted molar refractivity (Wildman–Crippen MR) is 117 cm³/mol. The molecule has 3 N–H and O–H groups in total. The number of benzene rings is 2. The number of halogens is 2. The van der Waals surface area contributed by atoms with Gasteiger partial charge in [-0.1, -0.05) is 13.0 Å². The van der Waals surface area contributed by atoms with Crippen molar-refractivity contribution < 1.29 is 18.3 Å². The first kappa shape index (κ1) is 21.3. The van der Waals surface area contributed by atoms with Gasteiger partial charge in [-0.15, -0.1) is 0 Å². The van der Waals surface area contributed by atoms with Crippen molar-refractivity contribution in [2.24, 2.45) is 5.73 Å². The number of primary amides is 1. The average Bonchev–Trinajstić information content (AvgIpc) is 3.17. The maximum atomic E-state index is 13.6. The lowest BCUT2D eigenvalue weighted by atomic mass is 9.93. The highest BCUT2D eigenvalue weighted by molar-refractivity contribution is 5.95. The fraction of sp³-hybridized carbons (Fsp3) is 0.375. The molecule has 1 aliphatic rings. The van der Waals surface area contributed by atoms with E-state index in [2.05, 4.69) is 16.8 Å². The molecular formula is C24H27F2N3O2. The summed E-state index contributed by atoms with van der Waals surface area (Å²) in [6.45, 7) is 3.53. The molecule has 0 radical (unpaired) electrons. The first-order chi connectivity index (χ1) is 15.0. The van der Waals surface area contributed by atoms with Crippen LogP contribution in [0.4, 0.5) is 8.78 Å². The number of likely N-dealkylation sites (N-methyl/N-ethyl adjacent to an activating group) is 1. The quantitative estimate of drug-likeness (QED) is 0.568. The molecule has 1 atom stereocenters. The lowest BCUT2D eigenvalue weighted by molar-refractivity contribution is 0.0989. The number of nitrogens with two attached hydrogens (primary N) is 1. The third kappa shape index (κ3) is 4.28. The SMILES string of the molecule is CCN(CCCc1c[nH]c2ccc(F)cc12)C1COc2c(CF)ccc(C(N)=O)c2C1. The summed E-state index contributed by atoms with van der Waals surface area (Å²) in [4.78, 5) is 17.4. The molecular weight excluding hydrogens is 400 g/mol. The number of amides is 1. The Morgan fingerprint density at radius 3 is 2.87 bits per heavy atom. The molecule has 164 valence electrons. The molecule has 31 heavy (non-hydrogen) atoms. The van der Waals surface area contributed by atoms with Crippen molar-refractivity contribution in [3.63, 3.8) is 0 Å². The second kappa shape index (κ2) is 9.06. The number of carbonyl (C=O) groups is 1. The van der Waals surface area contributed by atoms with Crippen molar-refractivity contribution in [2.45, 2.75) is 38.9 Å². The van der Waals surface area contributed by atoms with Gasteiger partial charge in [-0.05, 0) is 62.2 Å². The van der Waals surface area contributed by atoms with Crippen LogP contribution in [0.1, 0.15) is 40.4 Å². The average molecular weight is 427 g/mol. The normalized spacial score (nSPS) is 15.8. The number of hydrogen-bond donors (Lipinski definition) is 2. The van der Waals surface area contributed by atoms with Crippen molar-refractivity contribution in [3.8, 4) is 5.75 Å². The lowest BCUT2D eigenvalue weighted by Gasteiger charge is -2.35. The number of alkyl halides is 1. The molecule has 3 aromatic rings. The minimum Gasteiger partial charge on any atom is -0.491 e. The smallest absolute Gasteiger partial charge is 0.249 e. The maximum Gasteiger partial charge on any atom is 0.249 e. The molecule has 2 aromatic carbocycles. The van der Waals surface area contributed by atoms with Crippen molar-refractivity contribution >= 4 is 16.8 Å². The number of hydrogen-bond acceptors (Lipinski definition) is 3. The Kier molecular flexibility index (Phi) is 6.23. The number of nitrogens with one attached hydrogen (secondary N) is 1. The second-order valence-corrected chi connectivity index (χ2v) is 7.98. The van der Waals surface area contributed by atoms with E-state index in [4.69, 9.17) is 10.5 Å². The Balaban J connectivity index is 1.45. The van der Waals surface area contributed by atoms with E-state index in [0.29, 0.717) is 35.5 Å². The van der Waals surface area contributed by atoms with Gasteiger partial charge in [0.2, 0.25) is 5.91 Å². The fourth-order valence-electron chi connectivity index (χ4n) is 4.53. The first-order valence-electron chi connectivity index (χ1n) is 10.6. The van der Waals surface area contributed by atoms with Gasteiger partial charge in [0, 0.05) is 39.8 Å². The van der Waals surface area contributed by atoms with Crippen LogP contribution in [0.2, 0.25) is 0 Å². The predicted octanol–water partition coefficient (Wildman–Crippen LogP) is 4.13. The molecule has 0 aliphatic carbocycles. The van der Waals surface area contributed by atoms with Crippen LogP contribution >= 0.6 is 0 Å². The van der Waals surface area contributed by atoms with E-state index in [1.54, 1.807) is 24.3 Å². The minimum atomic E-state index is -0.644. The number of fused-ring (bicyclic) bond motifs is 2. The number of aryl methyl sites for hydroxylation is 1. The highest BCUT2D eigenvalue weighted by atomic mass is 19.1. The Morgan fingerprint density at radius 2 is 2.13 bits per heavy atom. The number of H-pyrrole nitrogens is 1. The van der Waals surface area contributed by atoms with Crippen LogP contribution in [0.15, 0.2) is 36.5 Å². The zero-order valence-electron chi connectivity index (χ0n) is 17.6. The summed E-state index contributed by atoms with van der Waals surface area (Å²) >= 11 is 0. The molecule has 0 bridgehead atoms. The molecule has 5 nitrogen and oxygen atoms in total. The summed E-state index contributed by atoms with van der Waals surface area (Å²) in [6, 6.07) is 8.02. The van der Waals surface area contributed by atoms with Crippen LogP contribution in [0.5, 0.6) is 5.75 Å². The van der Waals surface area contributed by atoms with Crippen molar-refractivity contribution in [1.29, 1.82) is 0 Å². The van der Waals surface area contributed by atoms with Gasteiger partial charge in [-0.25, -0.2) is 8.78 Å². The third-order valence-corrected chi connectivity index (χ3v) is 6.15. The zero-order chi connectivity index (χ0) is 22.0. The van der Waals surface area contributed by atoms with Gasteiger partial charge >= 0.3 is 0 Å². The topological polar surface area (TPSA) is 71.3 Å². The third-order valence-electron chi connectivity index (χ3n) is 6.15. The van der Waals surface area contributed by atoms with Crippen LogP contribution in [-0.2, 0) is 19.5 Å². The molecule has 7 heteroatoms. The number of ether oxygens (including phenoxy) is 1. The van der Waals surface area contributed by atoms with E-state index in [1.807, 2.05) is 6.20 Å². The Morgan fingerprint density at radius 1 is 1.29 bits per heavy atom. The van der Waals surface area contributed by atoms with Crippen molar-refractivity contribution in [3.05, 3.63) is 64.6 Å². The van der Waals surface area contributed by atoms with Crippen molar-refractivity contribution in [1.82, 2.24) is 9.88 Å². The van der Waals surface area contributed by atoms with Gasteiger partial charge in [-0.2, -0.15) is 0 Å². The fourth-order valence-corrected chi connectivity index (χ4v) is 4.53. The first-order valence-corrected chi connectivity index (χ1v) is 10.6. The molecule has 1 aliphatic heterocycles. The van der Waals surface area contributed by atoms with E-state index in [0.717, 1.165) is 42.4 Å². The van der Waals surface area contributed by atoms with Gasteiger partial charge < -0.3 is 15.5 Å². The summed E-state index contributed by atoms with van der Waals surface area (Å²) in [5.74, 6) is -0.299. The van der Waals surface area contributed by atoms with E-state index in [-0.39, 0.29) is 11.9 Å². The molecule has 1 aromatic heterocycles. The maximum absolute atomic E-state index is 13.6. The van der Waals surface area contributed by atoms with Crippen molar-refractivity contribution in [2.75, 3.05) is 19.7 Å². The van der Waals surface area contributed by atoms with E-state index in [1.165, 1.54) is 6.07 Å². The molecule has 0 fully saturated rings. The van der Waals surface area contributed by atoms with Gasteiger partial charge in [0.25, 0.3) is 0 Å². The largest absolute Gasteiger partial charge is 0.491 e. The summed E-state index contributed by atoms with van der Waals surface area (Å²) < 4.78 is 32.9. The van der Waals surface area contributed by atoms with E-state index >= 15 is 0 Å². The Labute approximate surface area is 180 Å². The molecule has 1 unspecified atom stereocenters. The van der Waals surface area contributed by atoms with Crippen LogP contribution in [0, 0.1) is 5.82 Å². The number of aromatic amines is 1. The van der Waals surface area contributed by atoms with E-state index < -0.39 is 12.6 Å². The number of carbonyl (C=O) groups excluding carboxylic acids is 1. The highest BCUT2D eigenvalue weighted by Gasteiger charge is 2.29. The molecule has 0 spiro atoms. The zero-order valence-corrected chi connectivity index (χ0v) is 17.6. The van der Waals surface area contributed by atoms with Crippen LogP contribution in [-0.4, -0.2) is 41.5 Å². The summed E-state index contributed by atoms with van der Waals surface area (Å²) in [5, 5.41) is 0.919. The van der Waals surface area contributed by atoms with Gasteiger partial charge in [-0.3, -0.25) is 9.69 Å². The molecule has 4 rings (SSSR count). The second-order valence-electron chi connectivity index (χ2n) is 7.98. The summed E-state index contributed by atoms with van der Waals surface area (Å²) in [6.07, 6.45) is 4.25. The summed E-state index contributed by atoms with van der Waals surface area (Å²) in [7, 11) is 0. The van der Waals surface area contributed by atoms with E-state index in [9.17, 15) is 13.6 Å². The van der Waals surface area contributed by atoms with Gasteiger partial charge in [0.05, 0.1) is 0 Å². The monoisotopic (exact) mass is 427 g/mol. The molecule has 0 saturated carbocycles. The highest BCUT2D eigenvalue weighted by Crippen LogP contribution is 2.34. The van der Waals surface area contributed by atoms with Crippen LogP contribution in [0.25, 0.3) is 10.9 Å². The van der Waals surface area contributed by atoms with Crippen LogP contribution in [0.3, 0.4) is 0 Å². The van der Waals surface area contributed by atoms with Gasteiger partial charge in [0.1, 0.15) is 24.8 Å². The van der Waals surface area contributed by atoms with Gasteiger partial charge in [0.15, 0.2) is 0 Å². The lowest BCUT2D eigenvalue weighted by Crippen LogP contribution is -2.44. The Bertz CT molecular complexity index is 1100. The van der Waals surface area contributed by atoms with Crippen LogP contribution < -0.4 is 10.5 Å². The number of aromatic nitrogens is 1. The molecule has 0 saturated heterocycles. The molecule has 2 heterocycles. The molecule has 1 amide bonds. The Hall–Kier alpha value is -2.93. The minimum absolute atomic E-state index is 0.0749. The summed E-state index contributed by atoms with van der Waals surface area (Å²) in [5.41, 5.74) is 9.12. The number of rotatable bonds is 8. The standard InChI is InChI=1S/C24H27F2N3O2/c1-2-29(9-3-4-16-13-28-22-8-6-17(26)10-20(16)22)18-11-21-19(24(27)30)7-5-15(12-25)23(21)31-14-18/h5-8,10,13,18,28H,2-4,9,11-12,14H2,1H3,(H2,27,30). The number of nitrogens with zero attached hydrogens (tertiary/aromatic N) is 1.